The van der Waals surface area contributed by atoms with Crippen LogP contribution in [0.25, 0.3) is 5.57 Å². The van der Waals surface area contributed by atoms with Gasteiger partial charge in [-0.3, -0.25) is 0 Å². The van der Waals surface area contributed by atoms with Crippen LogP contribution in [-0.4, -0.2) is 36.9 Å². The van der Waals surface area contributed by atoms with E-state index in [1.807, 2.05) is 0 Å². The van der Waals surface area contributed by atoms with Gasteiger partial charge in [0, 0.05) is 18.2 Å². The zero-order chi connectivity index (χ0) is 17.0. The van der Waals surface area contributed by atoms with Gasteiger partial charge in [0.2, 0.25) is 0 Å². The summed E-state index contributed by atoms with van der Waals surface area (Å²) in [4.78, 5) is -0.252. The monoisotopic (exact) mass is 344 g/mol. The molecule has 0 fully saturated rings. The van der Waals surface area contributed by atoms with Crippen LogP contribution in [0.1, 0.15) is 42.1 Å². The van der Waals surface area contributed by atoms with Crippen LogP contribution in [0.3, 0.4) is 0 Å². The summed E-state index contributed by atoms with van der Waals surface area (Å²) in [7, 11) is -3.73. The number of halogens is 2. The van der Waals surface area contributed by atoms with Crippen LogP contribution in [0.5, 0.6) is 0 Å². The molecule has 0 heterocycles. The third-order valence-corrected chi connectivity index (χ3v) is 5.64. The molecule has 0 spiro atoms. The average Bonchev–Trinajstić information content (AvgIpc) is 2.67. The van der Waals surface area contributed by atoms with Gasteiger partial charge in [-0.1, -0.05) is 12.1 Å². The lowest BCUT2D eigenvalue weighted by Gasteiger charge is -2.20. The number of aliphatic hydroxyl groups is 2. The number of rotatable bonds is 2. The number of alkyl halides is 2. The summed E-state index contributed by atoms with van der Waals surface area (Å²) >= 11 is 0. The molecule has 4 nitrogen and oxygen atoms in total. The quantitative estimate of drug-likeness (QED) is 0.863. The molecule has 0 bridgehead atoms. The highest BCUT2D eigenvalue weighted by Gasteiger charge is 2.50. The van der Waals surface area contributed by atoms with E-state index in [4.69, 9.17) is 0 Å². The molecule has 0 saturated carbocycles. The fourth-order valence-electron chi connectivity index (χ4n) is 3.43. The zero-order valence-electron chi connectivity index (χ0n) is 12.6. The minimum absolute atomic E-state index is 0.172. The predicted molar refractivity (Wildman–Crippen MR) is 81.0 cm³/mol. The summed E-state index contributed by atoms with van der Waals surface area (Å²) in [6, 6.07) is 2.78. The van der Waals surface area contributed by atoms with Crippen molar-refractivity contribution < 1.29 is 27.4 Å². The van der Waals surface area contributed by atoms with Gasteiger partial charge in [-0.25, -0.2) is 17.2 Å². The van der Waals surface area contributed by atoms with Gasteiger partial charge >= 0.3 is 0 Å². The van der Waals surface area contributed by atoms with Crippen molar-refractivity contribution in [3.05, 3.63) is 34.9 Å². The molecule has 2 aliphatic carbocycles. The summed E-state index contributed by atoms with van der Waals surface area (Å²) in [5.41, 5.74) is 1.20. The standard InChI is InChI=1S/C16H18F2O4S/c1-23(21,22)13-6-5-11(9-3-2-4-10(19)7-9)12-8-16(17,18)15(20)14(12)13/h5-7,10,15,19-20H,2-4,8H2,1H3/t10?,15-/m0/s1. The van der Waals surface area contributed by atoms with Crippen molar-refractivity contribution in [2.45, 2.75) is 48.7 Å². The molecule has 0 aliphatic heterocycles. The molecule has 0 amide bonds. The minimum Gasteiger partial charge on any atom is -0.389 e. The highest BCUT2D eigenvalue weighted by atomic mass is 32.2. The average molecular weight is 344 g/mol. The fourth-order valence-corrected chi connectivity index (χ4v) is 4.38. The number of hydrogen-bond acceptors (Lipinski definition) is 4. The maximum absolute atomic E-state index is 14.0. The van der Waals surface area contributed by atoms with E-state index < -0.39 is 34.4 Å². The Morgan fingerprint density at radius 1 is 1.26 bits per heavy atom. The molecule has 1 unspecified atom stereocenters. The number of allylic oxidation sites excluding steroid dienone is 1. The van der Waals surface area contributed by atoms with Crippen LogP contribution in [0.2, 0.25) is 0 Å². The van der Waals surface area contributed by atoms with E-state index in [0.29, 0.717) is 18.4 Å². The van der Waals surface area contributed by atoms with Gasteiger partial charge in [0.15, 0.2) is 9.84 Å². The first-order valence-electron chi connectivity index (χ1n) is 7.42. The Hall–Kier alpha value is -1.31. The Labute approximate surface area is 133 Å². The van der Waals surface area contributed by atoms with Crippen molar-refractivity contribution in [1.82, 2.24) is 0 Å². The third-order valence-electron chi connectivity index (χ3n) is 4.49. The number of benzene rings is 1. The molecule has 3 rings (SSSR count). The van der Waals surface area contributed by atoms with Gasteiger partial charge in [0.25, 0.3) is 5.92 Å². The molecule has 0 radical (unpaired) electrons. The van der Waals surface area contributed by atoms with Gasteiger partial charge < -0.3 is 10.2 Å². The Balaban J connectivity index is 2.24. The molecule has 2 atom stereocenters. The number of fused-ring (bicyclic) bond motifs is 1. The summed E-state index contributed by atoms with van der Waals surface area (Å²) in [6.45, 7) is 0. The second-order valence-electron chi connectivity index (χ2n) is 6.27. The molecule has 126 valence electrons. The highest BCUT2D eigenvalue weighted by Crippen LogP contribution is 2.48. The lowest BCUT2D eigenvalue weighted by molar-refractivity contribution is -0.0976. The van der Waals surface area contributed by atoms with Crippen molar-refractivity contribution in [3.8, 4) is 0 Å². The van der Waals surface area contributed by atoms with Crippen LogP contribution >= 0.6 is 0 Å². The molecule has 2 aliphatic rings. The van der Waals surface area contributed by atoms with Crippen molar-refractivity contribution in [2.75, 3.05) is 6.26 Å². The first-order valence-corrected chi connectivity index (χ1v) is 9.31. The van der Waals surface area contributed by atoms with Gasteiger partial charge in [-0.05, 0) is 42.0 Å². The first kappa shape index (κ1) is 16.5. The zero-order valence-corrected chi connectivity index (χ0v) is 13.4. The normalized spacial score (nSPS) is 26.7. The fraction of sp³-hybridized carbons (Fsp3) is 0.500. The summed E-state index contributed by atoms with van der Waals surface area (Å²) in [6.07, 6.45) is 1.09. The Kier molecular flexibility index (Phi) is 3.85. The second-order valence-corrected chi connectivity index (χ2v) is 8.25. The molecular formula is C16H18F2O4S. The topological polar surface area (TPSA) is 74.6 Å². The van der Waals surface area contributed by atoms with Crippen molar-refractivity contribution in [1.29, 1.82) is 0 Å². The Bertz CT molecular complexity index is 784. The Morgan fingerprint density at radius 2 is 1.96 bits per heavy atom. The summed E-state index contributed by atoms with van der Waals surface area (Å²) in [5.74, 6) is -3.40. The predicted octanol–water partition coefficient (Wildman–Crippen LogP) is 2.24. The third kappa shape index (κ3) is 2.81. The largest absolute Gasteiger partial charge is 0.389 e. The van der Waals surface area contributed by atoms with Crippen LogP contribution in [0, 0.1) is 0 Å². The van der Waals surface area contributed by atoms with E-state index in [-0.39, 0.29) is 16.0 Å². The van der Waals surface area contributed by atoms with Crippen LogP contribution in [0.4, 0.5) is 8.78 Å². The summed E-state index contributed by atoms with van der Waals surface area (Å²) in [5, 5.41) is 19.7. The minimum atomic E-state index is -3.73. The maximum Gasteiger partial charge on any atom is 0.281 e. The lowest BCUT2D eigenvalue weighted by atomic mass is 9.88. The van der Waals surface area contributed by atoms with E-state index in [1.165, 1.54) is 12.1 Å². The van der Waals surface area contributed by atoms with Crippen molar-refractivity contribution in [3.63, 3.8) is 0 Å². The molecule has 23 heavy (non-hydrogen) atoms. The van der Waals surface area contributed by atoms with E-state index in [9.17, 15) is 27.4 Å². The van der Waals surface area contributed by atoms with Gasteiger partial charge in [-0.2, -0.15) is 0 Å². The number of hydrogen-bond donors (Lipinski definition) is 2. The van der Waals surface area contributed by atoms with Gasteiger partial charge in [0.05, 0.1) is 11.0 Å². The maximum atomic E-state index is 14.0. The van der Waals surface area contributed by atoms with E-state index in [0.717, 1.165) is 18.2 Å². The molecule has 0 aromatic heterocycles. The number of aliphatic hydroxyl groups excluding tert-OH is 2. The molecule has 7 heteroatoms. The molecular weight excluding hydrogens is 326 g/mol. The second kappa shape index (κ2) is 5.36. The SMILES string of the molecule is CS(=O)(=O)c1ccc(C2=CC(O)CCC2)c2c1[C@H](O)C(F)(F)C2. The van der Waals surface area contributed by atoms with Crippen LogP contribution < -0.4 is 0 Å². The smallest absolute Gasteiger partial charge is 0.281 e. The van der Waals surface area contributed by atoms with Gasteiger partial charge in [-0.15, -0.1) is 0 Å². The molecule has 1 aromatic carbocycles. The van der Waals surface area contributed by atoms with E-state index in [2.05, 4.69) is 0 Å². The van der Waals surface area contributed by atoms with Crippen molar-refractivity contribution >= 4 is 15.4 Å². The molecule has 1 aromatic rings. The van der Waals surface area contributed by atoms with Gasteiger partial charge in [0.1, 0.15) is 6.10 Å². The number of sulfone groups is 1. The van der Waals surface area contributed by atoms with Crippen LogP contribution in [0.15, 0.2) is 23.1 Å². The van der Waals surface area contributed by atoms with Crippen LogP contribution in [-0.2, 0) is 16.3 Å². The Morgan fingerprint density at radius 3 is 2.57 bits per heavy atom. The van der Waals surface area contributed by atoms with E-state index >= 15 is 0 Å². The van der Waals surface area contributed by atoms with Crippen molar-refractivity contribution in [2.24, 2.45) is 0 Å². The molecule has 0 saturated heterocycles. The summed E-state index contributed by atoms with van der Waals surface area (Å²) < 4.78 is 51.8. The molecule has 2 N–H and O–H groups in total. The lowest BCUT2D eigenvalue weighted by Crippen LogP contribution is -2.22. The highest BCUT2D eigenvalue weighted by molar-refractivity contribution is 7.90. The van der Waals surface area contributed by atoms with E-state index in [1.54, 1.807) is 6.08 Å². The first-order chi connectivity index (χ1) is 10.6.